The molecule has 4 fully saturated rings. The van der Waals surface area contributed by atoms with Gasteiger partial charge in [-0.2, -0.15) is 12.7 Å². The first-order chi connectivity index (χ1) is 26.1. The van der Waals surface area contributed by atoms with Gasteiger partial charge in [-0.05, 0) is 74.5 Å². The van der Waals surface area contributed by atoms with Gasteiger partial charge in [0, 0.05) is 24.4 Å². The van der Waals surface area contributed by atoms with Gasteiger partial charge >= 0.3 is 22.4 Å². The molecule has 6 aliphatic rings. The maximum Gasteiger partial charge on any atom is 0.410 e. The fraction of sp³-hybridized carbons (Fsp3) is 0.649. The van der Waals surface area contributed by atoms with Gasteiger partial charge in [-0.15, -0.1) is 0 Å². The lowest BCUT2D eigenvalue weighted by atomic mass is 9.91. The molecule has 2 saturated carbocycles. The van der Waals surface area contributed by atoms with E-state index < -0.39 is 94.9 Å². The Morgan fingerprint density at radius 3 is 2.42 bits per heavy atom. The Bertz CT molecular complexity index is 1850. The van der Waals surface area contributed by atoms with Crippen LogP contribution in [0, 0.1) is 11.3 Å². The van der Waals surface area contributed by atoms with Gasteiger partial charge in [-0.1, -0.05) is 48.7 Å². The molecular weight excluding hydrogens is 764 g/mol. The van der Waals surface area contributed by atoms with Crippen LogP contribution in [-0.2, 0) is 47.2 Å². The standard InChI is InChI=1S/C37H46ClF2N5O9S/c38-28-13-8-9-23-18-43(20-27(23)28)35(50)54-26-15-30-31(46)17-36(33(48)42-55(51,52)44-21-37(39,40)22-44)16-24(36)10-4-2-1-3-5-14-29(32(47)45(30)19-26)41-34(49)53-25-11-6-7-12-25/h4,8-10,13,24-26,29-30H,1-3,5-7,11-12,14-22H2,(H,41,49)(H,42,48)/b10-4-/t24-,26-,29+,30?,36-/m1/s1. The van der Waals surface area contributed by atoms with Crippen molar-refractivity contribution in [2.75, 3.05) is 19.6 Å². The zero-order valence-corrected chi connectivity index (χ0v) is 31.9. The molecule has 55 heavy (non-hydrogen) atoms. The van der Waals surface area contributed by atoms with Gasteiger partial charge in [0.2, 0.25) is 11.8 Å². The van der Waals surface area contributed by atoms with Crippen LogP contribution in [0.15, 0.2) is 30.4 Å². The van der Waals surface area contributed by atoms with E-state index in [0.717, 1.165) is 43.2 Å². The fourth-order valence-electron chi connectivity index (χ4n) is 8.48. The Morgan fingerprint density at radius 2 is 1.69 bits per heavy atom. The van der Waals surface area contributed by atoms with Gasteiger partial charge in [0.05, 0.1) is 37.6 Å². The van der Waals surface area contributed by atoms with Crippen LogP contribution in [0.1, 0.15) is 88.2 Å². The second-order valence-electron chi connectivity index (χ2n) is 15.7. The zero-order chi connectivity index (χ0) is 39.1. The number of hydrogen-bond donors (Lipinski definition) is 2. The van der Waals surface area contributed by atoms with Gasteiger partial charge in [-0.3, -0.25) is 19.3 Å². The number of alkyl halides is 2. The lowest BCUT2D eigenvalue weighted by Gasteiger charge is -2.37. The highest BCUT2D eigenvalue weighted by Crippen LogP contribution is 2.57. The number of fused-ring (bicyclic) bond motifs is 3. The van der Waals surface area contributed by atoms with E-state index >= 15 is 0 Å². The van der Waals surface area contributed by atoms with Gasteiger partial charge in [0.25, 0.3) is 5.92 Å². The molecule has 4 aliphatic heterocycles. The maximum atomic E-state index is 14.4. The fourth-order valence-corrected chi connectivity index (χ4v) is 10.0. The smallest absolute Gasteiger partial charge is 0.410 e. The average molecular weight is 810 g/mol. The number of ketones is 1. The maximum absolute atomic E-state index is 14.4. The summed E-state index contributed by atoms with van der Waals surface area (Å²) >= 11 is 6.36. The van der Waals surface area contributed by atoms with Crippen LogP contribution in [0.5, 0.6) is 0 Å². The summed E-state index contributed by atoms with van der Waals surface area (Å²) in [6.07, 6.45) is 6.83. The van der Waals surface area contributed by atoms with Crippen molar-refractivity contribution >= 4 is 51.6 Å². The Morgan fingerprint density at radius 1 is 0.945 bits per heavy atom. The molecule has 0 bridgehead atoms. The highest BCUT2D eigenvalue weighted by molar-refractivity contribution is 7.87. The topological polar surface area (TPSA) is 172 Å². The molecule has 1 aromatic carbocycles. The molecule has 1 unspecified atom stereocenters. The molecular formula is C37H46ClF2N5O9S. The van der Waals surface area contributed by atoms with E-state index in [9.17, 15) is 41.2 Å². The summed E-state index contributed by atoms with van der Waals surface area (Å²) in [5.41, 5.74) is 0.153. The molecule has 300 valence electrons. The number of rotatable bonds is 6. The van der Waals surface area contributed by atoms with Crippen molar-refractivity contribution in [1.29, 1.82) is 0 Å². The molecule has 0 spiro atoms. The Balaban J connectivity index is 1.12. The summed E-state index contributed by atoms with van der Waals surface area (Å²) in [6.45, 7) is -1.83. The monoisotopic (exact) mass is 809 g/mol. The van der Waals surface area contributed by atoms with Crippen molar-refractivity contribution in [1.82, 2.24) is 24.1 Å². The third-order valence-corrected chi connectivity index (χ3v) is 13.5. The summed E-state index contributed by atoms with van der Waals surface area (Å²) in [4.78, 5) is 71.8. The first-order valence-corrected chi connectivity index (χ1v) is 20.8. The SMILES string of the molecule is O=C(N[C@H]1CCCCC/C=C\[C@@H]2C[C@@]2(C(=O)NS(=O)(=O)N2CC(F)(F)C2)CC(=O)C2C[C@@H](OC(=O)N3Cc4cccc(Cl)c4C3)CN2C1=O)OC1CCCC1. The minimum Gasteiger partial charge on any atom is -0.446 e. The lowest BCUT2D eigenvalue weighted by molar-refractivity contribution is -0.140. The molecule has 0 aromatic heterocycles. The van der Waals surface area contributed by atoms with Crippen LogP contribution in [0.3, 0.4) is 0 Å². The summed E-state index contributed by atoms with van der Waals surface area (Å²) < 4.78 is 66.8. The second kappa shape index (κ2) is 15.6. The highest BCUT2D eigenvalue weighted by Gasteiger charge is 2.62. The lowest BCUT2D eigenvalue weighted by Crippen LogP contribution is -2.62. The van der Waals surface area contributed by atoms with E-state index in [1.165, 1.54) is 9.80 Å². The number of carbonyl (C=O) groups excluding carboxylic acids is 5. The van der Waals surface area contributed by atoms with Gasteiger partial charge in [0.1, 0.15) is 18.2 Å². The number of benzene rings is 1. The van der Waals surface area contributed by atoms with Crippen molar-refractivity contribution in [3.05, 3.63) is 46.5 Å². The number of allylic oxidation sites excluding steroid dienone is 2. The third kappa shape index (κ3) is 8.63. The Labute approximate surface area is 323 Å². The van der Waals surface area contributed by atoms with E-state index in [-0.39, 0.29) is 45.0 Å². The predicted octanol–water partition coefficient (Wildman–Crippen LogP) is 4.60. The largest absolute Gasteiger partial charge is 0.446 e. The second-order valence-corrected chi connectivity index (χ2v) is 17.8. The predicted molar refractivity (Wildman–Crippen MR) is 193 cm³/mol. The van der Waals surface area contributed by atoms with Crippen molar-refractivity contribution in [3.63, 3.8) is 0 Å². The van der Waals surface area contributed by atoms with Crippen molar-refractivity contribution in [2.24, 2.45) is 11.3 Å². The summed E-state index contributed by atoms with van der Waals surface area (Å²) in [6, 6.07) is 3.14. The van der Waals surface area contributed by atoms with Crippen LogP contribution in [-0.4, -0.2) is 102 Å². The summed E-state index contributed by atoms with van der Waals surface area (Å²) in [7, 11) is -4.61. The summed E-state index contributed by atoms with van der Waals surface area (Å²) in [5.74, 6) is -5.84. The Kier molecular flexibility index (Phi) is 11.2. The molecule has 4 amide bonds. The number of amides is 4. The Hall–Kier alpha value is -3.83. The molecule has 2 aliphatic carbocycles. The first kappa shape index (κ1) is 39.4. The van der Waals surface area contributed by atoms with E-state index in [0.29, 0.717) is 28.6 Å². The number of hydrogen-bond acceptors (Lipinski definition) is 9. The number of Topliss-reactive ketones (excluding diaryl/α,β-unsaturated/α-hetero) is 1. The highest BCUT2D eigenvalue weighted by atomic mass is 35.5. The van der Waals surface area contributed by atoms with Crippen LogP contribution in [0.4, 0.5) is 18.4 Å². The van der Waals surface area contributed by atoms with E-state index in [4.69, 9.17) is 21.1 Å². The molecule has 5 atom stereocenters. The van der Waals surface area contributed by atoms with Crippen LogP contribution >= 0.6 is 11.6 Å². The molecule has 18 heteroatoms. The minimum absolute atomic E-state index is 0.101. The average Bonchev–Trinajstić information content (AvgIpc) is 3.53. The normalized spacial score (nSPS) is 30.5. The molecule has 1 aromatic rings. The van der Waals surface area contributed by atoms with Crippen LogP contribution in [0.2, 0.25) is 5.02 Å². The van der Waals surface area contributed by atoms with Gasteiger partial charge in [-0.25, -0.2) is 23.1 Å². The van der Waals surface area contributed by atoms with Crippen molar-refractivity contribution in [2.45, 2.75) is 120 Å². The number of nitrogens with one attached hydrogen (secondary N) is 2. The van der Waals surface area contributed by atoms with Gasteiger partial charge in [0.15, 0.2) is 5.78 Å². The molecule has 14 nitrogen and oxygen atoms in total. The molecule has 4 heterocycles. The number of carbonyl (C=O) groups is 5. The number of ether oxygens (including phenoxy) is 2. The van der Waals surface area contributed by atoms with E-state index in [2.05, 4.69) is 5.32 Å². The first-order valence-electron chi connectivity index (χ1n) is 19.0. The van der Waals surface area contributed by atoms with Crippen LogP contribution in [0.25, 0.3) is 0 Å². The van der Waals surface area contributed by atoms with Gasteiger partial charge < -0.3 is 19.7 Å². The quantitative estimate of drug-likeness (QED) is 0.390. The summed E-state index contributed by atoms with van der Waals surface area (Å²) in [5, 5.41) is 3.25. The van der Waals surface area contributed by atoms with Crippen molar-refractivity contribution < 1.29 is 50.6 Å². The molecule has 2 N–H and O–H groups in total. The van der Waals surface area contributed by atoms with Crippen molar-refractivity contribution in [3.8, 4) is 0 Å². The zero-order valence-electron chi connectivity index (χ0n) is 30.4. The number of nitrogens with zero attached hydrogens (tertiary/aromatic N) is 3. The molecule has 2 saturated heterocycles. The van der Waals surface area contributed by atoms with Crippen LogP contribution < -0.4 is 10.0 Å². The molecule has 7 rings (SSSR count). The third-order valence-electron chi connectivity index (χ3n) is 11.7. The number of alkyl carbamates (subject to hydrolysis) is 1. The van der Waals surface area contributed by atoms with E-state index in [1.807, 2.05) is 16.9 Å². The van der Waals surface area contributed by atoms with E-state index in [1.54, 1.807) is 18.2 Å². The minimum atomic E-state index is -4.61. The molecule has 0 radical (unpaired) electrons. The number of halogens is 3.